The normalized spacial score (nSPS) is 19.2. The van der Waals surface area contributed by atoms with Gasteiger partial charge in [-0.1, -0.05) is 12.8 Å². The number of aliphatic hydroxyl groups is 1. The first kappa shape index (κ1) is 13.5. The molecular weight excluding hydrogens is 202 g/mol. The van der Waals surface area contributed by atoms with Gasteiger partial charge in [0, 0.05) is 13.0 Å². The maximum absolute atomic E-state index is 10.2. The zero-order valence-corrected chi connectivity index (χ0v) is 10.3. The van der Waals surface area contributed by atoms with Gasteiger partial charge >= 0.3 is 0 Å². The molecule has 4 heteroatoms. The van der Waals surface area contributed by atoms with Crippen molar-refractivity contribution in [2.75, 3.05) is 20.1 Å². The van der Waals surface area contributed by atoms with Crippen molar-refractivity contribution in [2.45, 2.75) is 50.5 Å². The van der Waals surface area contributed by atoms with E-state index in [4.69, 9.17) is 11.1 Å². The summed E-state index contributed by atoms with van der Waals surface area (Å²) < 4.78 is 0. The molecule has 0 aromatic heterocycles. The average molecular weight is 227 g/mol. The van der Waals surface area contributed by atoms with E-state index in [9.17, 15) is 5.11 Å². The first-order valence-corrected chi connectivity index (χ1v) is 6.26. The second-order valence-corrected chi connectivity index (χ2v) is 5.15. The lowest BCUT2D eigenvalue weighted by atomic mass is 10.0. The van der Waals surface area contributed by atoms with Crippen molar-refractivity contribution >= 4 is 5.84 Å². The van der Waals surface area contributed by atoms with Crippen LogP contribution in [0.3, 0.4) is 0 Å². The van der Waals surface area contributed by atoms with Gasteiger partial charge in [0.2, 0.25) is 0 Å². The standard InChI is InChI=1S/C12H25N3O/c1-15(9-5-2-6-11(13)14)10-12(16)7-3-4-8-12/h16H,2-10H2,1H3,(H3,13,14). The van der Waals surface area contributed by atoms with Crippen LogP contribution in [0.1, 0.15) is 44.9 Å². The number of nitrogens with two attached hydrogens (primary N) is 1. The molecule has 1 fully saturated rings. The number of amidine groups is 1. The summed E-state index contributed by atoms with van der Waals surface area (Å²) in [5.74, 6) is 0.275. The molecule has 4 nitrogen and oxygen atoms in total. The van der Waals surface area contributed by atoms with Crippen LogP contribution in [0.2, 0.25) is 0 Å². The third-order valence-electron chi connectivity index (χ3n) is 3.33. The third-order valence-corrected chi connectivity index (χ3v) is 3.33. The summed E-state index contributed by atoms with van der Waals surface area (Å²) in [6.07, 6.45) is 6.93. The third kappa shape index (κ3) is 4.94. The second-order valence-electron chi connectivity index (χ2n) is 5.15. The van der Waals surface area contributed by atoms with Crippen LogP contribution in [-0.4, -0.2) is 41.6 Å². The molecule has 0 amide bonds. The van der Waals surface area contributed by atoms with Crippen molar-refractivity contribution < 1.29 is 5.11 Å². The molecule has 16 heavy (non-hydrogen) atoms. The van der Waals surface area contributed by atoms with Crippen molar-refractivity contribution in [3.8, 4) is 0 Å². The Morgan fingerprint density at radius 1 is 1.38 bits per heavy atom. The monoisotopic (exact) mass is 227 g/mol. The fraction of sp³-hybridized carbons (Fsp3) is 0.917. The van der Waals surface area contributed by atoms with Crippen LogP contribution in [0.4, 0.5) is 0 Å². The Hall–Kier alpha value is -0.610. The van der Waals surface area contributed by atoms with E-state index in [1.165, 1.54) is 0 Å². The molecule has 0 atom stereocenters. The first-order chi connectivity index (χ1) is 7.52. The maximum atomic E-state index is 10.2. The number of rotatable bonds is 7. The highest BCUT2D eigenvalue weighted by Gasteiger charge is 2.31. The summed E-state index contributed by atoms with van der Waals surface area (Å²) in [7, 11) is 2.06. The fourth-order valence-corrected chi connectivity index (χ4v) is 2.47. The van der Waals surface area contributed by atoms with Gasteiger partial charge in [0.05, 0.1) is 11.4 Å². The molecule has 1 saturated carbocycles. The number of hydrogen-bond acceptors (Lipinski definition) is 3. The highest BCUT2D eigenvalue weighted by atomic mass is 16.3. The van der Waals surface area contributed by atoms with Crippen LogP contribution >= 0.6 is 0 Å². The predicted molar refractivity (Wildman–Crippen MR) is 66.7 cm³/mol. The van der Waals surface area contributed by atoms with Crippen LogP contribution in [0.5, 0.6) is 0 Å². The van der Waals surface area contributed by atoms with E-state index < -0.39 is 5.60 Å². The van der Waals surface area contributed by atoms with Crippen LogP contribution in [0, 0.1) is 5.41 Å². The Labute approximate surface area is 98.3 Å². The molecule has 0 radical (unpaired) electrons. The molecule has 0 unspecified atom stereocenters. The van der Waals surface area contributed by atoms with E-state index in [0.717, 1.165) is 51.6 Å². The highest BCUT2D eigenvalue weighted by Crippen LogP contribution is 2.29. The number of unbranched alkanes of at least 4 members (excludes halogenated alkanes) is 1. The molecule has 0 spiro atoms. The van der Waals surface area contributed by atoms with Gasteiger partial charge in [-0.05, 0) is 39.3 Å². The van der Waals surface area contributed by atoms with E-state index in [1.54, 1.807) is 0 Å². The van der Waals surface area contributed by atoms with Gasteiger partial charge in [-0.3, -0.25) is 5.41 Å². The lowest BCUT2D eigenvalue weighted by molar-refractivity contribution is 0.0161. The van der Waals surface area contributed by atoms with Crippen molar-refractivity contribution in [1.29, 1.82) is 5.41 Å². The zero-order valence-electron chi connectivity index (χ0n) is 10.3. The lowest BCUT2D eigenvalue weighted by Crippen LogP contribution is -2.39. The summed E-state index contributed by atoms with van der Waals surface area (Å²) >= 11 is 0. The first-order valence-electron chi connectivity index (χ1n) is 6.26. The topological polar surface area (TPSA) is 73.3 Å². The SMILES string of the molecule is CN(CCCCC(=N)N)CC1(O)CCCC1. The van der Waals surface area contributed by atoms with E-state index in [2.05, 4.69) is 11.9 Å². The Balaban J connectivity index is 2.10. The largest absolute Gasteiger partial charge is 0.389 e. The summed E-state index contributed by atoms with van der Waals surface area (Å²) in [6, 6.07) is 0. The number of nitrogens with one attached hydrogen (secondary N) is 1. The summed E-state index contributed by atoms with van der Waals surface area (Å²) in [5, 5.41) is 17.3. The average Bonchev–Trinajstić information content (AvgIpc) is 2.59. The number of likely N-dealkylation sites (N-methyl/N-ethyl adjacent to an activating group) is 1. The summed E-state index contributed by atoms with van der Waals surface area (Å²) in [6.45, 7) is 1.77. The number of nitrogens with zero attached hydrogens (tertiary/aromatic N) is 1. The van der Waals surface area contributed by atoms with Crippen molar-refractivity contribution in [1.82, 2.24) is 4.90 Å². The molecule has 0 heterocycles. The van der Waals surface area contributed by atoms with E-state index >= 15 is 0 Å². The van der Waals surface area contributed by atoms with E-state index in [-0.39, 0.29) is 5.84 Å². The van der Waals surface area contributed by atoms with E-state index in [0.29, 0.717) is 6.42 Å². The Morgan fingerprint density at radius 2 is 2.00 bits per heavy atom. The smallest absolute Gasteiger partial charge is 0.0905 e. The molecule has 1 aliphatic carbocycles. The van der Waals surface area contributed by atoms with Crippen molar-refractivity contribution in [2.24, 2.45) is 5.73 Å². The molecule has 1 aliphatic rings. The molecule has 0 saturated heterocycles. The molecular formula is C12H25N3O. The summed E-state index contributed by atoms with van der Waals surface area (Å²) in [5.41, 5.74) is 4.86. The minimum absolute atomic E-state index is 0.275. The van der Waals surface area contributed by atoms with E-state index in [1.807, 2.05) is 0 Å². The molecule has 0 aromatic carbocycles. The number of hydrogen-bond donors (Lipinski definition) is 3. The molecule has 4 N–H and O–H groups in total. The fourth-order valence-electron chi connectivity index (χ4n) is 2.47. The van der Waals surface area contributed by atoms with Gasteiger partial charge in [0.1, 0.15) is 0 Å². The Morgan fingerprint density at radius 3 is 2.56 bits per heavy atom. The summed E-state index contributed by atoms with van der Waals surface area (Å²) in [4.78, 5) is 2.20. The van der Waals surface area contributed by atoms with Crippen LogP contribution < -0.4 is 5.73 Å². The molecule has 0 aliphatic heterocycles. The Kier molecular flexibility index (Phi) is 5.22. The Bertz CT molecular complexity index is 224. The van der Waals surface area contributed by atoms with Crippen LogP contribution in [0.25, 0.3) is 0 Å². The maximum Gasteiger partial charge on any atom is 0.0905 e. The minimum Gasteiger partial charge on any atom is -0.389 e. The van der Waals surface area contributed by atoms with Gasteiger partial charge in [0.15, 0.2) is 0 Å². The predicted octanol–water partition coefficient (Wildman–Crippen LogP) is 1.33. The second kappa shape index (κ2) is 6.21. The molecule has 1 rings (SSSR count). The lowest BCUT2D eigenvalue weighted by Gasteiger charge is -2.28. The molecule has 0 aromatic rings. The minimum atomic E-state index is -0.435. The van der Waals surface area contributed by atoms with Crippen molar-refractivity contribution in [3.05, 3.63) is 0 Å². The zero-order chi connectivity index (χ0) is 12.0. The molecule has 0 bridgehead atoms. The van der Waals surface area contributed by atoms with Gasteiger partial charge in [-0.2, -0.15) is 0 Å². The van der Waals surface area contributed by atoms with Crippen LogP contribution in [-0.2, 0) is 0 Å². The van der Waals surface area contributed by atoms with Crippen molar-refractivity contribution in [3.63, 3.8) is 0 Å². The highest BCUT2D eigenvalue weighted by molar-refractivity contribution is 5.76. The quantitative estimate of drug-likeness (QED) is 0.349. The van der Waals surface area contributed by atoms with Gasteiger partial charge in [0.25, 0.3) is 0 Å². The van der Waals surface area contributed by atoms with Gasteiger partial charge in [-0.15, -0.1) is 0 Å². The molecule has 94 valence electrons. The van der Waals surface area contributed by atoms with Gasteiger partial charge in [-0.25, -0.2) is 0 Å². The van der Waals surface area contributed by atoms with Crippen LogP contribution in [0.15, 0.2) is 0 Å². The van der Waals surface area contributed by atoms with Gasteiger partial charge < -0.3 is 15.7 Å².